The molecular formula is C20H22Ti. The minimum Gasteiger partial charge on any atom is -0.358 e. The second kappa shape index (κ2) is 14.8. The smallest absolute Gasteiger partial charge is 0.358 e. The van der Waals surface area contributed by atoms with Gasteiger partial charge in [-0.2, -0.15) is 55.3 Å². The van der Waals surface area contributed by atoms with E-state index < -0.39 is 0 Å². The molecule has 2 aromatic rings. The third kappa shape index (κ3) is 13.1. The Bertz CT molecular complexity index is 436. The van der Waals surface area contributed by atoms with Crippen molar-refractivity contribution >= 4 is 0 Å². The van der Waals surface area contributed by atoms with Gasteiger partial charge in [0.15, 0.2) is 0 Å². The Kier molecular flexibility index (Phi) is 15.2. The van der Waals surface area contributed by atoms with Crippen molar-refractivity contribution in [3.63, 3.8) is 0 Å². The molecule has 0 atom stereocenters. The van der Waals surface area contributed by atoms with E-state index >= 15 is 0 Å². The third-order valence-electron chi connectivity index (χ3n) is 2.27. The summed E-state index contributed by atoms with van der Waals surface area (Å²) in [5.41, 5.74) is 2.14. The molecule has 0 fully saturated rings. The minimum absolute atomic E-state index is 0. The molecule has 0 aromatic heterocycles. The van der Waals surface area contributed by atoms with E-state index in [4.69, 9.17) is 0 Å². The molecular weight excluding hydrogens is 288 g/mol. The Morgan fingerprint density at radius 3 is 1.33 bits per heavy atom. The summed E-state index contributed by atoms with van der Waals surface area (Å²) in [5, 5.41) is 0. The first-order valence-electron chi connectivity index (χ1n) is 6.25. The molecule has 106 valence electrons. The fraction of sp³-hybridized carbons (Fsp3) is 0.0500. The van der Waals surface area contributed by atoms with Crippen LogP contribution in [0, 0.1) is 27.4 Å². The standard InChI is InChI=1S/2C7H7.C5H5.CH3.Ti/c2*1-7-5-3-2-4-6-7;1-2-4-5-3-1;;/h2*2-6H,1H2;1-3H,4H2;1H3;/q4*-1;+4. The summed E-state index contributed by atoms with van der Waals surface area (Å²) in [6.07, 6.45) is 10.0. The maximum Gasteiger partial charge on any atom is 4.00 e. The molecule has 21 heavy (non-hydrogen) atoms. The summed E-state index contributed by atoms with van der Waals surface area (Å²) in [6, 6.07) is 19.7. The van der Waals surface area contributed by atoms with E-state index in [2.05, 4.69) is 26.0 Å². The largest absolute Gasteiger partial charge is 4.00 e. The molecule has 2 aromatic carbocycles. The van der Waals surface area contributed by atoms with Gasteiger partial charge in [-0.1, -0.05) is 12.1 Å². The molecule has 0 saturated heterocycles. The number of rotatable bonds is 0. The van der Waals surface area contributed by atoms with Crippen molar-refractivity contribution in [1.82, 2.24) is 0 Å². The SMILES string of the molecule is [C-]1=CC=CC1.[CH2-]c1ccccc1.[CH2-]c1ccccc1.[CH3-].[Ti+4]. The van der Waals surface area contributed by atoms with Crippen molar-refractivity contribution in [2.24, 2.45) is 0 Å². The molecule has 0 heterocycles. The maximum absolute atomic E-state index is 3.72. The topological polar surface area (TPSA) is 0 Å². The Balaban J connectivity index is 0. The second-order valence-electron chi connectivity index (χ2n) is 3.97. The van der Waals surface area contributed by atoms with E-state index in [-0.39, 0.29) is 29.1 Å². The normalized spacial score (nSPS) is 9.90. The van der Waals surface area contributed by atoms with Gasteiger partial charge in [0.05, 0.1) is 0 Å². The minimum atomic E-state index is 0. The zero-order valence-corrected chi connectivity index (χ0v) is 14.2. The van der Waals surface area contributed by atoms with Crippen molar-refractivity contribution in [3.05, 3.63) is 117 Å². The quantitative estimate of drug-likeness (QED) is 0.446. The Morgan fingerprint density at radius 1 is 0.762 bits per heavy atom. The van der Waals surface area contributed by atoms with Crippen LogP contribution in [0.25, 0.3) is 0 Å². The van der Waals surface area contributed by atoms with Crippen LogP contribution >= 0.6 is 0 Å². The predicted molar refractivity (Wildman–Crippen MR) is 89.8 cm³/mol. The molecule has 0 saturated carbocycles. The van der Waals surface area contributed by atoms with Crippen molar-refractivity contribution in [1.29, 1.82) is 0 Å². The van der Waals surface area contributed by atoms with E-state index in [1.54, 1.807) is 0 Å². The second-order valence-corrected chi connectivity index (χ2v) is 3.97. The van der Waals surface area contributed by atoms with Gasteiger partial charge in [-0.25, -0.2) is 12.2 Å². The van der Waals surface area contributed by atoms with Crippen molar-refractivity contribution in [3.8, 4) is 0 Å². The Labute approximate surface area is 145 Å². The van der Waals surface area contributed by atoms with Gasteiger partial charge in [0, 0.05) is 0 Å². The van der Waals surface area contributed by atoms with Crippen LogP contribution in [-0.2, 0) is 21.7 Å². The zero-order valence-electron chi connectivity index (χ0n) is 12.6. The molecule has 0 N–H and O–H groups in total. The van der Waals surface area contributed by atoms with E-state index in [1.807, 2.05) is 72.8 Å². The van der Waals surface area contributed by atoms with Gasteiger partial charge in [-0.05, 0) is 0 Å². The Morgan fingerprint density at radius 2 is 1.19 bits per heavy atom. The fourth-order valence-electron chi connectivity index (χ4n) is 1.30. The molecule has 1 aliphatic carbocycles. The van der Waals surface area contributed by atoms with E-state index in [1.165, 1.54) is 0 Å². The van der Waals surface area contributed by atoms with Crippen LogP contribution in [0.5, 0.6) is 0 Å². The number of allylic oxidation sites excluding steroid dienone is 4. The zero-order chi connectivity index (χ0) is 13.8. The third-order valence-corrected chi connectivity index (χ3v) is 2.27. The summed E-state index contributed by atoms with van der Waals surface area (Å²) in [4.78, 5) is 0. The van der Waals surface area contributed by atoms with Crippen LogP contribution in [0.3, 0.4) is 0 Å². The summed E-state index contributed by atoms with van der Waals surface area (Å²) >= 11 is 0. The van der Waals surface area contributed by atoms with Crippen LogP contribution in [0.15, 0.2) is 78.9 Å². The average molecular weight is 310 g/mol. The van der Waals surface area contributed by atoms with Gasteiger partial charge in [-0.15, -0.1) is 30.7 Å². The summed E-state index contributed by atoms with van der Waals surface area (Å²) in [6.45, 7) is 7.44. The van der Waals surface area contributed by atoms with Crippen molar-refractivity contribution < 1.29 is 21.7 Å². The molecule has 1 heteroatoms. The molecule has 0 radical (unpaired) electrons. The van der Waals surface area contributed by atoms with Gasteiger partial charge < -0.3 is 7.43 Å². The van der Waals surface area contributed by atoms with Gasteiger partial charge >= 0.3 is 21.7 Å². The maximum atomic E-state index is 3.72. The van der Waals surface area contributed by atoms with Crippen molar-refractivity contribution in [2.45, 2.75) is 6.42 Å². The average Bonchev–Trinajstić information content (AvgIpc) is 3.00. The number of hydrogen-bond acceptors (Lipinski definition) is 0. The van der Waals surface area contributed by atoms with Gasteiger partial charge in [0.2, 0.25) is 0 Å². The van der Waals surface area contributed by atoms with Crippen LogP contribution in [0.4, 0.5) is 0 Å². The molecule has 0 amide bonds. The number of hydrogen-bond donors (Lipinski definition) is 0. The van der Waals surface area contributed by atoms with E-state index in [0.717, 1.165) is 17.5 Å². The van der Waals surface area contributed by atoms with Crippen LogP contribution in [-0.4, -0.2) is 0 Å². The molecule has 0 aliphatic heterocycles. The van der Waals surface area contributed by atoms with Crippen LogP contribution < -0.4 is 0 Å². The van der Waals surface area contributed by atoms with Gasteiger partial charge in [0.25, 0.3) is 0 Å². The summed E-state index contributed by atoms with van der Waals surface area (Å²) in [7, 11) is 0. The van der Waals surface area contributed by atoms with Crippen molar-refractivity contribution in [2.75, 3.05) is 0 Å². The van der Waals surface area contributed by atoms with Gasteiger partial charge in [0.1, 0.15) is 0 Å². The van der Waals surface area contributed by atoms with Crippen LogP contribution in [0.1, 0.15) is 17.5 Å². The van der Waals surface area contributed by atoms with E-state index in [0.29, 0.717) is 0 Å². The molecule has 3 rings (SSSR count). The molecule has 0 bridgehead atoms. The first kappa shape index (κ1) is 21.7. The molecule has 0 spiro atoms. The molecule has 1 aliphatic rings. The Hall–Kier alpha value is -1.63. The monoisotopic (exact) mass is 310 g/mol. The van der Waals surface area contributed by atoms with E-state index in [9.17, 15) is 0 Å². The summed E-state index contributed by atoms with van der Waals surface area (Å²) < 4.78 is 0. The van der Waals surface area contributed by atoms with Crippen LogP contribution in [0.2, 0.25) is 0 Å². The molecule has 0 unspecified atom stereocenters. The van der Waals surface area contributed by atoms with Gasteiger partial charge in [-0.3, -0.25) is 6.08 Å². The number of benzene rings is 2. The first-order chi connectivity index (χ1) is 9.29. The molecule has 0 nitrogen and oxygen atoms in total. The first-order valence-corrected chi connectivity index (χ1v) is 6.25. The summed E-state index contributed by atoms with van der Waals surface area (Å²) in [5.74, 6) is 0. The fourth-order valence-corrected chi connectivity index (χ4v) is 1.30. The predicted octanol–water partition coefficient (Wildman–Crippen LogP) is 5.49.